The maximum atomic E-state index is 4.47. The normalized spacial score (nSPS) is 11.0. The summed E-state index contributed by atoms with van der Waals surface area (Å²) in [6, 6.07) is 22.6. The molecule has 0 fully saturated rings. The van der Waals surface area contributed by atoms with Crippen LogP contribution in [0.4, 0.5) is 0 Å². The van der Waals surface area contributed by atoms with E-state index in [1.165, 1.54) is 0 Å². The second-order valence-corrected chi connectivity index (χ2v) is 4.74. The summed E-state index contributed by atoms with van der Waals surface area (Å²) >= 11 is 0. The number of aromatic amines is 1. The molecule has 3 heteroatoms. The van der Waals surface area contributed by atoms with Crippen molar-refractivity contribution in [1.82, 2.24) is 14.6 Å². The van der Waals surface area contributed by atoms with Crippen molar-refractivity contribution in [3.63, 3.8) is 0 Å². The smallest absolute Gasteiger partial charge is 0.154 e. The monoisotopic (exact) mass is 259 g/mol. The van der Waals surface area contributed by atoms with Gasteiger partial charge in [0, 0.05) is 11.6 Å². The van der Waals surface area contributed by atoms with Gasteiger partial charge in [0.2, 0.25) is 0 Å². The Hall–Kier alpha value is -2.81. The molecule has 3 nitrogen and oxygen atoms in total. The molecule has 1 N–H and O–H groups in total. The number of aromatic nitrogens is 3. The first kappa shape index (κ1) is 11.1. The van der Waals surface area contributed by atoms with E-state index in [0.717, 1.165) is 28.2 Å². The molecule has 0 radical (unpaired) electrons. The van der Waals surface area contributed by atoms with Crippen molar-refractivity contribution in [3.05, 3.63) is 72.9 Å². The molecule has 2 aromatic carbocycles. The van der Waals surface area contributed by atoms with Gasteiger partial charge in [0.15, 0.2) is 5.65 Å². The van der Waals surface area contributed by atoms with Gasteiger partial charge in [-0.2, -0.15) is 0 Å². The van der Waals surface area contributed by atoms with E-state index in [-0.39, 0.29) is 0 Å². The maximum absolute atomic E-state index is 4.47. The third-order valence-electron chi connectivity index (χ3n) is 3.45. The Morgan fingerprint density at radius 3 is 2.15 bits per heavy atom. The predicted molar refractivity (Wildman–Crippen MR) is 80.4 cm³/mol. The van der Waals surface area contributed by atoms with Crippen molar-refractivity contribution in [2.45, 2.75) is 0 Å². The van der Waals surface area contributed by atoms with Crippen LogP contribution in [-0.4, -0.2) is 14.6 Å². The standard InChI is InChI=1S/C17H13N3/c1-3-7-13(8-4-1)15-11-17-18-12-16(20(17)19-15)14-9-5-2-6-10-14/h1-12,19H. The molecular formula is C17H13N3. The van der Waals surface area contributed by atoms with E-state index < -0.39 is 0 Å². The first-order valence-corrected chi connectivity index (χ1v) is 6.59. The molecule has 0 aliphatic carbocycles. The number of nitrogens with zero attached hydrogens (tertiary/aromatic N) is 2. The lowest BCUT2D eigenvalue weighted by atomic mass is 10.2. The van der Waals surface area contributed by atoms with E-state index in [4.69, 9.17) is 0 Å². The van der Waals surface area contributed by atoms with Crippen LogP contribution in [0, 0.1) is 0 Å². The molecule has 0 saturated carbocycles. The first-order chi connectivity index (χ1) is 9.92. The fraction of sp³-hybridized carbons (Fsp3) is 0. The third-order valence-corrected chi connectivity index (χ3v) is 3.45. The van der Waals surface area contributed by atoms with Crippen LogP contribution in [0.3, 0.4) is 0 Å². The van der Waals surface area contributed by atoms with Crippen molar-refractivity contribution in [2.75, 3.05) is 0 Å². The summed E-state index contributed by atoms with van der Waals surface area (Å²) in [5.41, 5.74) is 5.40. The lowest BCUT2D eigenvalue weighted by molar-refractivity contribution is 0.985. The molecular weight excluding hydrogens is 246 g/mol. The number of fused-ring (bicyclic) bond motifs is 1. The van der Waals surface area contributed by atoms with Gasteiger partial charge in [-0.1, -0.05) is 60.7 Å². The molecule has 0 amide bonds. The van der Waals surface area contributed by atoms with Crippen LogP contribution in [0.1, 0.15) is 0 Å². The zero-order chi connectivity index (χ0) is 13.4. The quantitative estimate of drug-likeness (QED) is 0.580. The van der Waals surface area contributed by atoms with Crippen molar-refractivity contribution < 1.29 is 0 Å². The van der Waals surface area contributed by atoms with E-state index in [2.05, 4.69) is 40.4 Å². The predicted octanol–water partition coefficient (Wildman–Crippen LogP) is 4.00. The van der Waals surface area contributed by atoms with Crippen molar-refractivity contribution in [2.24, 2.45) is 0 Å². The topological polar surface area (TPSA) is 33.1 Å². The van der Waals surface area contributed by atoms with Crippen LogP contribution in [0.25, 0.3) is 28.2 Å². The van der Waals surface area contributed by atoms with E-state index in [0.29, 0.717) is 0 Å². The molecule has 4 rings (SSSR count). The van der Waals surface area contributed by atoms with Gasteiger partial charge in [-0.15, -0.1) is 0 Å². The molecule has 96 valence electrons. The van der Waals surface area contributed by atoms with Crippen molar-refractivity contribution in [1.29, 1.82) is 0 Å². The summed E-state index contributed by atoms with van der Waals surface area (Å²) < 4.78 is 2.03. The van der Waals surface area contributed by atoms with Gasteiger partial charge in [-0.3, -0.25) is 5.10 Å². The Labute approximate surface area is 116 Å². The molecule has 4 aromatic rings. The average Bonchev–Trinajstić information content (AvgIpc) is 3.09. The molecule has 0 atom stereocenters. The Kier molecular flexibility index (Phi) is 2.42. The average molecular weight is 259 g/mol. The second-order valence-electron chi connectivity index (χ2n) is 4.74. The maximum Gasteiger partial charge on any atom is 0.154 e. The Bertz CT molecular complexity index is 842. The number of hydrogen-bond donors (Lipinski definition) is 1. The number of benzene rings is 2. The zero-order valence-corrected chi connectivity index (χ0v) is 10.8. The fourth-order valence-corrected chi connectivity index (χ4v) is 2.45. The molecule has 2 heterocycles. The summed E-state index contributed by atoms with van der Waals surface area (Å²) in [6.07, 6.45) is 1.90. The van der Waals surface area contributed by atoms with Gasteiger partial charge in [0.05, 0.1) is 17.6 Å². The number of rotatable bonds is 2. The molecule has 20 heavy (non-hydrogen) atoms. The SMILES string of the molecule is c1ccc(-c2cc3ncc(-c4ccccc4)n3[nH]2)cc1. The second kappa shape index (κ2) is 4.38. The van der Waals surface area contributed by atoms with Gasteiger partial charge in [0.1, 0.15) is 0 Å². The number of nitrogens with one attached hydrogen (secondary N) is 1. The Morgan fingerprint density at radius 1 is 0.800 bits per heavy atom. The van der Waals surface area contributed by atoms with Crippen LogP contribution in [0.15, 0.2) is 72.9 Å². The summed E-state index contributed by atoms with van der Waals surface area (Å²) in [5, 5.41) is 3.41. The number of H-pyrrole nitrogens is 1. The Morgan fingerprint density at radius 2 is 1.45 bits per heavy atom. The van der Waals surface area contributed by atoms with E-state index in [1.54, 1.807) is 0 Å². The van der Waals surface area contributed by atoms with Gasteiger partial charge in [-0.05, 0) is 5.56 Å². The highest BCUT2D eigenvalue weighted by atomic mass is 15.3. The zero-order valence-electron chi connectivity index (χ0n) is 10.8. The minimum Gasteiger partial charge on any atom is -0.292 e. The fourth-order valence-electron chi connectivity index (χ4n) is 2.45. The molecule has 0 spiro atoms. The van der Waals surface area contributed by atoms with Crippen molar-refractivity contribution >= 4 is 5.65 Å². The number of hydrogen-bond acceptors (Lipinski definition) is 1. The van der Waals surface area contributed by atoms with Crippen LogP contribution in [-0.2, 0) is 0 Å². The molecule has 0 bridgehead atoms. The van der Waals surface area contributed by atoms with E-state index in [1.807, 2.05) is 47.1 Å². The van der Waals surface area contributed by atoms with Crippen LogP contribution < -0.4 is 0 Å². The van der Waals surface area contributed by atoms with E-state index in [9.17, 15) is 0 Å². The van der Waals surface area contributed by atoms with Crippen LogP contribution in [0.5, 0.6) is 0 Å². The molecule has 0 unspecified atom stereocenters. The first-order valence-electron chi connectivity index (χ1n) is 6.59. The highest BCUT2D eigenvalue weighted by Crippen LogP contribution is 2.24. The summed E-state index contributed by atoms with van der Waals surface area (Å²) in [7, 11) is 0. The largest absolute Gasteiger partial charge is 0.292 e. The van der Waals surface area contributed by atoms with Crippen LogP contribution >= 0.6 is 0 Å². The molecule has 0 aliphatic rings. The molecule has 0 aliphatic heterocycles. The lowest BCUT2D eigenvalue weighted by Crippen LogP contribution is -1.88. The highest BCUT2D eigenvalue weighted by Gasteiger charge is 2.09. The third kappa shape index (κ3) is 1.72. The van der Waals surface area contributed by atoms with Gasteiger partial charge >= 0.3 is 0 Å². The number of imidazole rings is 1. The lowest BCUT2D eigenvalue weighted by Gasteiger charge is -2.00. The summed E-state index contributed by atoms with van der Waals surface area (Å²) in [4.78, 5) is 4.47. The van der Waals surface area contributed by atoms with E-state index >= 15 is 0 Å². The van der Waals surface area contributed by atoms with Gasteiger partial charge in [0.25, 0.3) is 0 Å². The summed E-state index contributed by atoms with van der Waals surface area (Å²) in [5.74, 6) is 0. The van der Waals surface area contributed by atoms with Crippen LogP contribution in [0.2, 0.25) is 0 Å². The van der Waals surface area contributed by atoms with Crippen molar-refractivity contribution in [3.8, 4) is 22.5 Å². The molecule has 0 saturated heterocycles. The molecule has 2 aromatic heterocycles. The highest BCUT2D eigenvalue weighted by molar-refractivity contribution is 5.69. The summed E-state index contributed by atoms with van der Waals surface area (Å²) in [6.45, 7) is 0. The minimum atomic E-state index is 0.933. The Balaban J connectivity index is 1.88. The minimum absolute atomic E-state index is 0.933. The van der Waals surface area contributed by atoms with Gasteiger partial charge < -0.3 is 0 Å². The van der Waals surface area contributed by atoms with Gasteiger partial charge in [-0.25, -0.2) is 9.50 Å².